The zero-order chi connectivity index (χ0) is 24.3. The maximum absolute atomic E-state index is 10.3. The molecule has 1 heterocycles. The van der Waals surface area contributed by atoms with Gasteiger partial charge in [0.25, 0.3) is 0 Å². The molecule has 0 unspecified atom stereocenters. The highest BCUT2D eigenvalue weighted by molar-refractivity contribution is 6.42. The highest BCUT2D eigenvalue weighted by Crippen LogP contribution is 2.26. The van der Waals surface area contributed by atoms with Crippen LogP contribution in [0.1, 0.15) is 19.8 Å². The summed E-state index contributed by atoms with van der Waals surface area (Å²) < 4.78 is 16.7. The molecule has 1 aliphatic heterocycles. The third kappa shape index (κ3) is 9.13. The maximum atomic E-state index is 10.3. The number of piperidine rings is 1. The number of nitrogens with zero attached hydrogens (tertiary/aromatic N) is 1. The van der Waals surface area contributed by atoms with Gasteiger partial charge in [-0.05, 0) is 69.3 Å². The van der Waals surface area contributed by atoms with Crippen LogP contribution in [0.25, 0.3) is 0 Å². The van der Waals surface area contributed by atoms with Gasteiger partial charge in [0.1, 0.15) is 42.7 Å². The van der Waals surface area contributed by atoms with Crippen molar-refractivity contribution in [2.45, 2.75) is 38.0 Å². The lowest BCUT2D eigenvalue weighted by molar-refractivity contribution is 0.0556. The van der Waals surface area contributed by atoms with Crippen molar-refractivity contribution in [1.82, 2.24) is 10.2 Å². The number of ether oxygens (including phenoxy) is 3. The number of nitrogens with one attached hydrogen (secondary N) is 1. The summed E-state index contributed by atoms with van der Waals surface area (Å²) in [5, 5.41) is 24.9. The van der Waals surface area contributed by atoms with Crippen molar-refractivity contribution in [3.63, 3.8) is 0 Å². The van der Waals surface area contributed by atoms with Gasteiger partial charge in [-0.2, -0.15) is 0 Å². The number of hydrogen-bond donors (Lipinski definition) is 3. The number of halogens is 2. The van der Waals surface area contributed by atoms with Crippen molar-refractivity contribution < 1.29 is 24.4 Å². The van der Waals surface area contributed by atoms with E-state index in [1.807, 2.05) is 31.2 Å². The molecule has 9 heteroatoms. The van der Waals surface area contributed by atoms with Gasteiger partial charge >= 0.3 is 0 Å². The molecule has 0 saturated carbocycles. The van der Waals surface area contributed by atoms with Gasteiger partial charge in [0.2, 0.25) is 0 Å². The summed E-state index contributed by atoms with van der Waals surface area (Å²) in [6, 6.07) is 12.8. The predicted octanol–water partition coefficient (Wildman–Crippen LogP) is 3.63. The standard InChI is InChI=1S/C25H34Cl2N2O5/c1-2-32-21-3-5-22(6-4-21)33-16-19(30)14-28-18-9-11-29(12-10-18)15-20(31)17-34-23-7-8-24(26)25(27)13-23/h3-8,13,18-20,28,30-31H,2,9-12,14-17H2,1H3/t19-,20-/m1/s1. The van der Waals surface area contributed by atoms with Crippen LogP contribution in [0.15, 0.2) is 42.5 Å². The van der Waals surface area contributed by atoms with E-state index in [2.05, 4.69) is 10.2 Å². The Morgan fingerprint density at radius 1 is 0.882 bits per heavy atom. The van der Waals surface area contributed by atoms with Gasteiger partial charge in [-0.25, -0.2) is 0 Å². The first kappa shape index (κ1) is 26.9. The summed E-state index contributed by atoms with van der Waals surface area (Å²) in [5.41, 5.74) is 0. The number of β-amino-alcohol motifs (C(OH)–C–C–N with tert-alkyl or cyclic N) is 1. The molecule has 2 atom stereocenters. The molecule has 0 aliphatic carbocycles. The van der Waals surface area contributed by atoms with Gasteiger partial charge < -0.3 is 34.6 Å². The zero-order valence-corrected chi connectivity index (χ0v) is 21.0. The molecule has 1 aliphatic rings. The van der Waals surface area contributed by atoms with Crippen LogP contribution < -0.4 is 19.5 Å². The lowest BCUT2D eigenvalue weighted by Crippen LogP contribution is -2.47. The molecule has 3 N–H and O–H groups in total. The van der Waals surface area contributed by atoms with E-state index < -0.39 is 12.2 Å². The number of benzene rings is 2. The number of hydrogen-bond acceptors (Lipinski definition) is 7. The second-order valence-corrected chi connectivity index (χ2v) is 9.21. The molecule has 7 nitrogen and oxygen atoms in total. The molecule has 34 heavy (non-hydrogen) atoms. The first-order chi connectivity index (χ1) is 16.4. The van der Waals surface area contributed by atoms with Gasteiger partial charge in [0, 0.05) is 25.2 Å². The minimum absolute atomic E-state index is 0.191. The fourth-order valence-corrected chi connectivity index (χ4v) is 4.07. The second-order valence-electron chi connectivity index (χ2n) is 8.39. The molecule has 0 amide bonds. The van der Waals surface area contributed by atoms with Crippen molar-refractivity contribution in [3.8, 4) is 17.2 Å². The predicted molar refractivity (Wildman–Crippen MR) is 135 cm³/mol. The van der Waals surface area contributed by atoms with E-state index in [0.717, 1.165) is 31.7 Å². The molecule has 3 rings (SSSR count). The average Bonchev–Trinajstić information content (AvgIpc) is 2.84. The first-order valence-corrected chi connectivity index (χ1v) is 12.4. The van der Waals surface area contributed by atoms with Crippen molar-refractivity contribution in [2.75, 3.05) is 46.0 Å². The summed E-state index contributed by atoms with van der Waals surface area (Å²) in [4.78, 5) is 2.23. The van der Waals surface area contributed by atoms with Crippen molar-refractivity contribution in [2.24, 2.45) is 0 Å². The Bertz CT molecular complexity index is 863. The molecule has 0 aromatic heterocycles. The van der Waals surface area contributed by atoms with E-state index in [-0.39, 0.29) is 13.2 Å². The molecular weight excluding hydrogens is 479 g/mol. The lowest BCUT2D eigenvalue weighted by atomic mass is 10.0. The van der Waals surface area contributed by atoms with Crippen molar-refractivity contribution in [3.05, 3.63) is 52.5 Å². The Labute approximate surface area is 211 Å². The molecule has 0 spiro atoms. The third-order valence-corrected chi connectivity index (χ3v) is 6.35. The molecular formula is C25H34Cl2N2O5. The fraction of sp³-hybridized carbons (Fsp3) is 0.520. The van der Waals surface area contributed by atoms with E-state index in [1.54, 1.807) is 18.2 Å². The summed E-state index contributed by atoms with van der Waals surface area (Å²) in [6.07, 6.45) is 0.713. The van der Waals surface area contributed by atoms with Crippen LogP contribution in [0.2, 0.25) is 10.0 Å². The molecule has 0 radical (unpaired) electrons. The summed E-state index contributed by atoms with van der Waals surface area (Å²) >= 11 is 11.9. The van der Waals surface area contributed by atoms with Crippen molar-refractivity contribution >= 4 is 23.2 Å². The normalized spacial score (nSPS) is 16.7. The molecule has 0 bridgehead atoms. The zero-order valence-electron chi connectivity index (χ0n) is 19.5. The first-order valence-electron chi connectivity index (χ1n) is 11.7. The smallest absolute Gasteiger partial charge is 0.121 e. The van der Waals surface area contributed by atoms with Crippen LogP contribution in [0, 0.1) is 0 Å². The summed E-state index contributed by atoms with van der Waals surface area (Å²) in [6.45, 7) is 5.76. The van der Waals surface area contributed by atoms with E-state index in [9.17, 15) is 10.2 Å². The maximum Gasteiger partial charge on any atom is 0.121 e. The molecule has 2 aromatic carbocycles. The van der Waals surface area contributed by atoms with Crippen LogP contribution >= 0.6 is 23.2 Å². The van der Waals surface area contributed by atoms with Crippen molar-refractivity contribution in [1.29, 1.82) is 0 Å². The lowest BCUT2D eigenvalue weighted by Gasteiger charge is -2.33. The van der Waals surface area contributed by atoms with E-state index >= 15 is 0 Å². The number of likely N-dealkylation sites (tertiary alicyclic amines) is 1. The Balaban J connectivity index is 1.27. The summed E-state index contributed by atoms with van der Waals surface area (Å²) in [7, 11) is 0. The van der Waals surface area contributed by atoms with Gasteiger partial charge in [-0.3, -0.25) is 0 Å². The topological polar surface area (TPSA) is 83.4 Å². The van der Waals surface area contributed by atoms with Gasteiger partial charge in [-0.15, -0.1) is 0 Å². The van der Waals surface area contributed by atoms with E-state index in [1.165, 1.54) is 0 Å². The third-order valence-electron chi connectivity index (χ3n) is 5.61. The molecule has 1 saturated heterocycles. The number of rotatable bonds is 13. The van der Waals surface area contributed by atoms with Gasteiger partial charge in [-0.1, -0.05) is 23.2 Å². The molecule has 2 aromatic rings. The second kappa shape index (κ2) is 14.0. The van der Waals surface area contributed by atoms with Crippen LogP contribution in [0.5, 0.6) is 17.2 Å². The monoisotopic (exact) mass is 512 g/mol. The summed E-state index contributed by atoms with van der Waals surface area (Å²) in [5.74, 6) is 2.09. The van der Waals surface area contributed by atoms with Crippen LogP contribution in [0.4, 0.5) is 0 Å². The molecule has 1 fully saturated rings. The van der Waals surface area contributed by atoms with Crippen LogP contribution in [-0.2, 0) is 0 Å². The van der Waals surface area contributed by atoms with Gasteiger partial charge in [0.05, 0.1) is 16.7 Å². The minimum Gasteiger partial charge on any atom is -0.494 e. The molecule has 188 valence electrons. The quantitative estimate of drug-likeness (QED) is 0.378. The van der Waals surface area contributed by atoms with Crippen LogP contribution in [0.3, 0.4) is 0 Å². The largest absolute Gasteiger partial charge is 0.494 e. The van der Waals surface area contributed by atoms with E-state index in [4.69, 9.17) is 37.4 Å². The Kier molecular flexibility index (Phi) is 11.0. The van der Waals surface area contributed by atoms with Crippen LogP contribution in [-0.4, -0.2) is 79.4 Å². The van der Waals surface area contributed by atoms with Gasteiger partial charge in [0.15, 0.2) is 0 Å². The highest BCUT2D eigenvalue weighted by atomic mass is 35.5. The Morgan fingerprint density at radius 3 is 2.12 bits per heavy atom. The number of aliphatic hydroxyl groups is 2. The fourth-order valence-electron chi connectivity index (χ4n) is 3.78. The number of aliphatic hydroxyl groups excluding tert-OH is 2. The SMILES string of the molecule is CCOc1ccc(OC[C@H](O)CNC2CCN(C[C@@H](O)COc3ccc(Cl)c(Cl)c3)CC2)cc1. The highest BCUT2D eigenvalue weighted by Gasteiger charge is 2.21. The Hall–Kier alpha value is -1.74. The Morgan fingerprint density at radius 2 is 1.47 bits per heavy atom. The average molecular weight is 513 g/mol. The minimum atomic E-state index is -0.597. The van der Waals surface area contributed by atoms with E-state index in [0.29, 0.717) is 47.3 Å².